The van der Waals surface area contributed by atoms with E-state index in [1.165, 1.54) is 12.1 Å². The van der Waals surface area contributed by atoms with Crippen molar-refractivity contribution in [3.05, 3.63) is 77.9 Å². The molecule has 1 aromatic carbocycles. The zero-order chi connectivity index (χ0) is 26.8. The number of hydrogen-bond acceptors (Lipinski definition) is 4. The van der Waals surface area contributed by atoms with Gasteiger partial charge in [-0.3, -0.25) is 9.78 Å². The van der Waals surface area contributed by atoms with Gasteiger partial charge in [0.1, 0.15) is 5.82 Å². The molecule has 1 heterocycles. The van der Waals surface area contributed by atoms with Crippen molar-refractivity contribution >= 4 is 17.6 Å². The summed E-state index contributed by atoms with van der Waals surface area (Å²) < 4.78 is 13.7. The lowest BCUT2D eigenvalue weighted by Gasteiger charge is -2.22. The van der Waals surface area contributed by atoms with E-state index in [1.807, 2.05) is 20.8 Å². The normalized spacial score (nSPS) is 15.0. The van der Waals surface area contributed by atoms with E-state index in [9.17, 15) is 19.4 Å². The van der Waals surface area contributed by atoms with Gasteiger partial charge in [0.25, 0.3) is 0 Å². The van der Waals surface area contributed by atoms with E-state index >= 15 is 0 Å². The Hall–Kier alpha value is -3.09. The number of benzene rings is 1. The third-order valence-electron chi connectivity index (χ3n) is 5.94. The standard InChI is InChI=1S/C27H32FNO4.C3H6/c1-16(2)26-23(13-12-20(30)14-21(31)15-24(32)33)25(18-8-10-19(28)11-9-18)22-7-5-4-6-17(3)27(22)29-26;1-3-2/h8-13,16,20-21,30-31H,3-7,14-15H2,1-2H3,(H,32,33);3H,1H2,2H3/b13-12+;/t20-,21-;/m1./s1. The molecule has 36 heavy (non-hydrogen) atoms. The smallest absolute Gasteiger partial charge is 0.305 e. The number of aliphatic carboxylic acids is 1. The third kappa shape index (κ3) is 7.97. The molecule has 0 amide bonds. The van der Waals surface area contributed by atoms with Crippen LogP contribution in [-0.2, 0) is 11.2 Å². The minimum Gasteiger partial charge on any atom is -0.481 e. The lowest BCUT2D eigenvalue weighted by molar-refractivity contribution is -0.139. The zero-order valence-corrected chi connectivity index (χ0v) is 21.5. The zero-order valence-electron chi connectivity index (χ0n) is 21.5. The molecule has 3 N–H and O–H groups in total. The fourth-order valence-electron chi connectivity index (χ4n) is 4.36. The molecule has 6 heteroatoms. The number of rotatable bonds is 8. The van der Waals surface area contributed by atoms with Crippen LogP contribution in [0, 0.1) is 5.82 Å². The van der Waals surface area contributed by atoms with Crippen molar-refractivity contribution in [2.75, 3.05) is 0 Å². The predicted octanol–water partition coefficient (Wildman–Crippen LogP) is 6.54. The Kier molecular flexibility index (Phi) is 11.2. The molecular formula is C30H38FNO4. The molecule has 2 atom stereocenters. The molecule has 0 saturated carbocycles. The maximum absolute atomic E-state index is 13.7. The van der Waals surface area contributed by atoms with E-state index in [0.29, 0.717) is 0 Å². The van der Waals surface area contributed by atoms with Gasteiger partial charge >= 0.3 is 5.97 Å². The molecule has 0 unspecified atom stereocenters. The van der Waals surface area contributed by atoms with Crippen molar-refractivity contribution in [1.82, 2.24) is 4.98 Å². The highest BCUT2D eigenvalue weighted by Crippen LogP contribution is 2.40. The predicted molar refractivity (Wildman–Crippen MR) is 144 cm³/mol. The van der Waals surface area contributed by atoms with Gasteiger partial charge in [0.15, 0.2) is 0 Å². The monoisotopic (exact) mass is 495 g/mol. The first-order valence-electron chi connectivity index (χ1n) is 12.4. The highest BCUT2D eigenvalue weighted by atomic mass is 19.1. The second-order valence-electron chi connectivity index (χ2n) is 9.41. The van der Waals surface area contributed by atoms with Crippen LogP contribution in [-0.4, -0.2) is 38.5 Å². The first-order valence-corrected chi connectivity index (χ1v) is 12.4. The fraction of sp³-hybridized carbons (Fsp3) is 0.400. The van der Waals surface area contributed by atoms with Crippen LogP contribution in [0.1, 0.15) is 81.3 Å². The Morgan fingerprint density at radius 2 is 1.78 bits per heavy atom. The number of aliphatic hydroxyl groups is 2. The molecule has 0 fully saturated rings. The highest BCUT2D eigenvalue weighted by molar-refractivity contribution is 5.84. The maximum atomic E-state index is 13.7. The van der Waals surface area contributed by atoms with Gasteiger partial charge in [0.05, 0.1) is 30.0 Å². The van der Waals surface area contributed by atoms with E-state index in [0.717, 1.165) is 64.9 Å². The second-order valence-corrected chi connectivity index (χ2v) is 9.41. The van der Waals surface area contributed by atoms with Gasteiger partial charge in [0.2, 0.25) is 0 Å². The van der Waals surface area contributed by atoms with E-state index in [-0.39, 0.29) is 18.2 Å². The van der Waals surface area contributed by atoms with E-state index in [1.54, 1.807) is 30.4 Å². The summed E-state index contributed by atoms with van der Waals surface area (Å²) in [4.78, 5) is 15.8. The first-order chi connectivity index (χ1) is 17.1. The van der Waals surface area contributed by atoms with Crippen LogP contribution < -0.4 is 0 Å². The summed E-state index contributed by atoms with van der Waals surface area (Å²) in [5, 5.41) is 29.1. The average molecular weight is 496 g/mol. The topological polar surface area (TPSA) is 90.7 Å². The summed E-state index contributed by atoms with van der Waals surface area (Å²) in [6.45, 7) is 13.6. The van der Waals surface area contributed by atoms with Gasteiger partial charge in [-0.2, -0.15) is 0 Å². The van der Waals surface area contributed by atoms with Crippen molar-refractivity contribution in [2.45, 2.75) is 77.4 Å². The first kappa shape index (κ1) is 29.1. The lowest BCUT2D eigenvalue weighted by Crippen LogP contribution is -2.19. The van der Waals surface area contributed by atoms with Crippen LogP contribution in [0.2, 0.25) is 0 Å². The van der Waals surface area contributed by atoms with Gasteiger partial charge in [0, 0.05) is 12.0 Å². The molecule has 194 valence electrons. The van der Waals surface area contributed by atoms with E-state index < -0.39 is 24.6 Å². The van der Waals surface area contributed by atoms with Gasteiger partial charge < -0.3 is 15.3 Å². The van der Waals surface area contributed by atoms with Crippen molar-refractivity contribution in [2.24, 2.45) is 0 Å². The molecule has 2 aromatic rings. The number of aromatic nitrogens is 1. The van der Waals surface area contributed by atoms with Gasteiger partial charge in [-0.1, -0.05) is 50.8 Å². The van der Waals surface area contributed by atoms with Crippen LogP contribution >= 0.6 is 0 Å². The van der Waals surface area contributed by atoms with Crippen molar-refractivity contribution in [1.29, 1.82) is 0 Å². The number of aliphatic hydroxyl groups excluding tert-OH is 2. The summed E-state index contributed by atoms with van der Waals surface area (Å²) >= 11 is 0. The number of carboxylic acids is 1. The molecule has 0 spiro atoms. The highest BCUT2D eigenvalue weighted by Gasteiger charge is 2.24. The minimum absolute atomic E-state index is 0.0825. The summed E-state index contributed by atoms with van der Waals surface area (Å²) in [6, 6.07) is 6.39. The number of halogens is 1. The number of carboxylic acid groups (broad SMARTS) is 1. The van der Waals surface area contributed by atoms with E-state index in [2.05, 4.69) is 13.2 Å². The van der Waals surface area contributed by atoms with Crippen LogP contribution in [0.3, 0.4) is 0 Å². The Balaban J connectivity index is 0.00000145. The molecule has 0 bridgehead atoms. The number of hydrogen-bond donors (Lipinski definition) is 3. The average Bonchev–Trinajstić information content (AvgIpc) is 2.98. The van der Waals surface area contributed by atoms with Gasteiger partial charge in [-0.25, -0.2) is 4.39 Å². The minimum atomic E-state index is -1.14. The maximum Gasteiger partial charge on any atom is 0.305 e. The Morgan fingerprint density at radius 1 is 1.17 bits per heavy atom. The number of pyridine rings is 1. The lowest BCUT2D eigenvalue weighted by atomic mass is 9.87. The van der Waals surface area contributed by atoms with Crippen LogP contribution in [0.4, 0.5) is 4.39 Å². The van der Waals surface area contributed by atoms with Crippen LogP contribution in [0.15, 0.2) is 49.6 Å². The summed E-state index contributed by atoms with van der Waals surface area (Å²) in [7, 11) is 0. The van der Waals surface area contributed by atoms with Gasteiger partial charge in [-0.15, -0.1) is 6.58 Å². The third-order valence-corrected chi connectivity index (χ3v) is 5.94. The van der Waals surface area contributed by atoms with Crippen LogP contribution in [0.5, 0.6) is 0 Å². The Bertz CT molecular complexity index is 1090. The summed E-state index contributed by atoms with van der Waals surface area (Å²) in [6.07, 6.45) is 6.18. The number of nitrogens with zero attached hydrogens (tertiary/aromatic N) is 1. The van der Waals surface area contributed by atoms with Crippen LogP contribution in [0.25, 0.3) is 22.8 Å². The molecule has 1 aliphatic carbocycles. The fourth-order valence-corrected chi connectivity index (χ4v) is 4.36. The molecule has 3 rings (SSSR count). The van der Waals surface area contributed by atoms with Crippen molar-refractivity contribution < 1.29 is 24.5 Å². The molecule has 0 radical (unpaired) electrons. The molecule has 0 aliphatic heterocycles. The molecular weight excluding hydrogens is 457 g/mol. The van der Waals surface area contributed by atoms with Crippen molar-refractivity contribution in [3.8, 4) is 11.1 Å². The molecule has 5 nitrogen and oxygen atoms in total. The number of allylic oxidation sites excluding steroid dienone is 2. The molecule has 0 saturated heterocycles. The Labute approximate surface area is 213 Å². The molecule has 1 aliphatic rings. The number of carbonyl (C=O) groups is 1. The number of fused-ring (bicyclic) bond motifs is 1. The SMILES string of the molecule is C=C1CCCCc2c1nc(C(C)C)c(/C=C/[C@@H](O)C[C@@H](O)CC(=O)O)c2-c1ccc(F)cc1.C=CC. The summed E-state index contributed by atoms with van der Waals surface area (Å²) in [5.74, 6) is -1.35. The Morgan fingerprint density at radius 3 is 2.36 bits per heavy atom. The van der Waals surface area contributed by atoms with Gasteiger partial charge in [-0.05, 0) is 72.9 Å². The second kappa shape index (κ2) is 13.9. The quantitative estimate of drug-likeness (QED) is 0.286. The van der Waals surface area contributed by atoms with E-state index in [4.69, 9.17) is 10.1 Å². The van der Waals surface area contributed by atoms with Crippen molar-refractivity contribution in [3.63, 3.8) is 0 Å². The molecule has 1 aromatic heterocycles. The largest absolute Gasteiger partial charge is 0.481 e. The summed E-state index contributed by atoms with van der Waals surface area (Å²) in [5.41, 5.74) is 6.51.